The molecular weight excluding hydrogens is 275 g/mol. The Morgan fingerprint density at radius 3 is 2.46 bits per heavy atom. The number of imidazole rings is 1. The molecule has 2 aromatic rings. The number of nitrogens with zero attached hydrogens (tertiary/aromatic N) is 1. The summed E-state index contributed by atoms with van der Waals surface area (Å²) >= 11 is 2.22. The molecular formula is C10H9IN2. The molecule has 13 heavy (non-hydrogen) atoms. The molecule has 0 radical (unpaired) electrons. The summed E-state index contributed by atoms with van der Waals surface area (Å²) in [5.41, 5.74) is 2.40. The lowest BCUT2D eigenvalue weighted by atomic mass is 10.1. The Bertz CT molecular complexity index is 403. The van der Waals surface area contributed by atoms with Crippen molar-refractivity contribution in [2.45, 2.75) is 6.92 Å². The number of hydrogen-bond acceptors (Lipinski definition) is 1. The molecule has 1 aromatic heterocycles. The fraction of sp³-hybridized carbons (Fsp3) is 0.100. The highest BCUT2D eigenvalue weighted by molar-refractivity contribution is 14.1. The van der Waals surface area contributed by atoms with Crippen molar-refractivity contribution in [3.8, 4) is 11.4 Å². The van der Waals surface area contributed by atoms with Gasteiger partial charge in [-0.1, -0.05) is 29.8 Å². The van der Waals surface area contributed by atoms with Gasteiger partial charge >= 0.3 is 0 Å². The molecule has 0 aliphatic heterocycles. The Kier molecular flexibility index (Phi) is 2.35. The van der Waals surface area contributed by atoms with Crippen molar-refractivity contribution >= 4 is 22.6 Å². The minimum absolute atomic E-state index is 0.935. The first kappa shape index (κ1) is 8.74. The molecule has 0 unspecified atom stereocenters. The predicted molar refractivity (Wildman–Crippen MR) is 61.5 cm³/mol. The number of hydrogen-bond donors (Lipinski definition) is 1. The topological polar surface area (TPSA) is 28.7 Å². The number of nitrogens with one attached hydrogen (secondary N) is 1. The van der Waals surface area contributed by atoms with E-state index in [2.05, 4.69) is 63.7 Å². The fourth-order valence-electron chi connectivity index (χ4n) is 1.16. The van der Waals surface area contributed by atoms with E-state index in [0.29, 0.717) is 0 Å². The first-order chi connectivity index (χ1) is 6.25. The lowest BCUT2D eigenvalue weighted by Crippen LogP contribution is -1.80. The predicted octanol–water partition coefficient (Wildman–Crippen LogP) is 2.99. The van der Waals surface area contributed by atoms with Crippen molar-refractivity contribution in [3.05, 3.63) is 39.7 Å². The van der Waals surface area contributed by atoms with Crippen LogP contribution in [0.25, 0.3) is 11.4 Å². The number of benzene rings is 1. The molecule has 0 amide bonds. The Balaban J connectivity index is 2.41. The second kappa shape index (κ2) is 3.49. The summed E-state index contributed by atoms with van der Waals surface area (Å²) in [4.78, 5) is 7.44. The van der Waals surface area contributed by atoms with Gasteiger partial charge in [-0.2, -0.15) is 0 Å². The maximum atomic E-state index is 4.25. The quantitative estimate of drug-likeness (QED) is 0.801. The zero-order valence-corrected chi connectivity index (χ0v) is 9.37. The lowest BCUT2D eigenvalue weighted by Gasteiger charge is -1.96. The molecule has 1 N–H and O–H groups in total. The fourth-order valence-corrected chi connectivity index (χ4v) is 1.55. The van der Waals surface area contributed by atoms with Gasteiger partial charge in [-0.25, -0.2) is 4.98 Å². The van der Waals surface area contributed by atoms with Crippen LogP contribution < -0.4 is 0 Å². The van der Waals surface area contributed by atoms with Crippen LogP contribution in [0.1, 0.15) is 5.56 Å². The summed E-state index contributed by atoms with van der Waals surface area (Å²) in [5, 5.41) is 0. The molecule has 0 fully saturated rings. The average Bonchev–Trinajstić information content (AvgIpc) is 2.53. The summed E-state index contributed by atoms with van der Waals surface area (Å²) in [6, 6.07) is 8.32. The minimum atomic E-state index is 0.935. The number of aryl methyl sites for hydroxylation is 1. The van der Waals surface area contributed by atoms with Crippen LogP contribution in [-0.2, 0) is 0 Å². The van der Waals surface area contributed by atoms with Crippen LogP contribution >= 0.6 is 22.6 Å². The van der Waals surface area contributed by atoms with E-state index in [1.54, 1.807) is 0 Å². The number of aromatic amines is 1. The summed E-state index contributed by atoms with van der Waals surface area (Å²) in [6.07, 6.45) is 1.83. The first-order valence-electron chi connectivity index (χ1n) is 4.03. The van der Waals surface area contributed by atoms with Gasteiger partial charge in [0.25, 0.3) is 0 Å². The monoisotopic (exact) mass is 284 g/mol. The first-order valence-corrected chi connectivity index (χ1v) is 5.11. The molecule has 0 bridgehead atoms. The Morgan fingerprint density at radius 2 is 1.92 bits per heavy atom. The number of aromatic nitrogens is 2. The zero-order valence-electron chi connectivity index (χ0n) is 7.21. The van der Waals surface area contributed by atoms with Crippen molar-refractivity contribution < 1.29 is 0 Å². The molecule has 66 valence electrons. The second-order valence-corrected chi connectivity index (χ2v) is 4.11. The van der Waals surface area contributed by atoms with Gasteiger partial charge in [-0.05, 0) is 29.5 Å². The van der Waals surface area contributed by atoms with E-state index in [4.69, 9.17) is 0 Å². The maximum absolute atomic E-state index is 4.25. The van der Waals surface area contributed by atoms with E-state index in [9.17, 15) is 0 Å². The maximum Gasteiger partial charge on any atom is 0.138 e. The Hall–Kier alpha value is -0.840. The van der Waals surface area contributed by atoms with E-state index < -0.39 is 0 Å². The highest BCUT2D eigenvalue weighted by Gasteiger charge is 2.00. The zero-order chi connectivity index (χ0) is 9.26. The number of halogens is 1. The summed E-state index contributed by atoms with van der Waals surface area (Å²) in [7, 11) is 0. The van der Waals surface area contributed by atoms with E-state index in [0.717, 1.165) is 15.1 Å². The van der Waals surface area contributed by atoms with Gasteiger partial charge in [0.05, 0.1) is 9.90 Å². The van der Waals surface area contributed by atoms with Crippen molar-refractivity contribution in [2.75, 3.05) is 0 Å². The van der Waals surface area contributed by atoms with Gasteiger partial charge in [-0.3, -0.25) is 0 Å². The van der Waals surface area contributed by atoms with Crippen molar-refractivity contribution in [3.63, 3.8) is 0 Å². The Labute approximate surface area is 90.5 Å². The van der Waals surface area contributed by atoms with Crippen LogP contribution in [-0.4, -0.2) is 9.97 Å². The van der Waals surface area contributed by atoms with Crippen LogP contribution in [0.4, 0.5) is 0 Å². The van der Waals surface area contributed by atoms with E-state index in [1.807, 2.05) is 6.20 Å². The average molecular weight is 284 g/mol. The third-order valence-corrected chi connectivity index (χ3v) is 2.42. The minimum Gasteiger partial charge on any atom is -0.333 e. The van der Waals surface area contributed by atoms with E-state index >= 15 is 0 Å². The van der Waals surface area contributed by atoms with Crippen LogP contribution in [0, 0.1) is 10.6 Å². The normalized spacial score (nSPS) is 10.3. The smallest absolute Gasteiger partial charge is 0.138 e. The molecule has 0 atom stereocenters. The molecule has 0 saturated heterocycles. The lowest BCUT2D eigenvalue weighted by molar-refractivity contribution is 1.29. The molecule has 0 spiro atoms. The van der Waals surface area contributed by atoms with Crippen LogP contribution in [0.15, 0.2) is 30.5 Å². The van der Waals surface area contributed by atoms with Gasteiger partial charge in [0.1, 0.15) is 5.82 Å². The SMILES string of the molecule is Cc1ccc(-c2ncc(I)[nH]2)cc1. The largest absolute Gasteiger partial charge is 0.333 e. The molecule has 2 nitrogen and oxygen atoms in total. The molecule has 2 rings (SSSR count). The second-order valence-electron chi connectivity index (χ2n) is 2.95. The van der Waals surface area contributed by atoms with Gasteiger partial charge in [0.2, 0.25) is 0 Å². The standard InChI is InChI=1S/C10H9IN2/c1-7-2-4-8(5-3-7)10-12-6-9(11)13-10/h2-6H,1H3,(H,12,13). The highest BCUT2D eigenvalue weighted by Crippen LogP contribution is 2.16. The Morgan fingerprint density at radius 1 is 1.23 bits per heavy atom. The van der Waals surface area contributed by atoms with Gasteiger partial charge < -0.3 is 4.98 Å². The van der Waals surface area contributed by atoms with Gasteiger partial charge in [0, 0.05) is 5.56 Å². The van der Waals surface area contributed by atoms with Gasteiger partial charge in [-0.15, -0.1) is 0 Å². The molecule has 1 heterocycles. The van der Waals surface area contributed by atoms with E-state index in [1.165, 1.54) is 5.56 Å². The molecule has 0 aliphatic rings. The summed E-state index contributed by atoms with van der Waals surface area (Å²) in [6.45, 7) is 2.08. The highest BCUT2D eigenvalue weighted by atomic mass is 127. The molecule has 0 saturated carbocycles. The van der Waals surface area contributed by atoms with Crippen molar-refractivity contribution in [1.82, 2.24) is 9.97 Å². The van der Waals surface area contributed by atoms with Crippen LogP contribution in [0.2, 0.25) is 0 Å². The van der Waals surface area contributed by atoms with Crippen molar-refractivity contribution in [2.24, 2.45) is 0 Å². The number of rotatable bonds is 1. The van der Waals surface area contributed by atoms with Gasteiger partial charge in [0.15, 0.2) is 0 Å². The summed E-state index contributed by atoms with van der Waals surface area (Å²) < 4.78 is 1.06. The third kappa shape index (κ3) is 1.91. The van der Waals surface area contributed by atoms with Crippen LogP contribution in [0.5, 0.6) is 0 Å². The summed E-state index contributed by atoms with van der Waals surface area (Å²) in [5.74, 6) is 0.935. The molecule has 3 heteroatoms. The molecule has 1 aromatic carbocycles. The van der Waals surface area contributed by atoms with Crippen molar-refractivity contribution in [1.29, 1.82) is 0 Å². The third-order valence-electron chi connectivity index (χ3n) is 1.87. The van der Waals surface area contributed by atoms with E-state index in [-0.39, 0.29) is 0 Å². The van der Waals surface area contributed by atoms with Crippen LogP contribution in [0.3, 0.4) is 0 Å². The number of H-pyrrole nitrogens is 1. The molecule has 0 aliphatic carbocycles.